The van der Waals surface area contributed by atoms with Crippen molar-refractivity contribution in [1.29, 1.82) is 0 Å². The molecule has 1 aliphatic heterocycles. The van der Waals surface area contributed by atoms with Gasteiger partial charge in [0.05, 0.1) is 39.4 Å². The highest BCUT2D eigenvalue weighted by molar-refractivity contribution is 5.78. The minimum atomic E-state index is -1.02. The first-order valence-corrected chi connectivity index (χ1v) is 14.6. The second kappa shape index (κ2) is 21.8. The SMILES string of the molecule is CC(C)CCCNC(=O)CCOCCNC(=O)CN1CCN(CC(=O)O)CCN(CC(=O)O)CCN(CC(=O)O)CC1. The van der Waals surface area contributed by atoms with Gasteiger partial charge >= 0.3 is 17.9 Å². The molecule has 1 aliphatic rings. The van der Waals surface area contributed by atoms with Crippen LogP contribution >= 0.6 is 0 Å². The molecule has 0 bridgehead atoms. The minimum Gasteiger partial charge on any atom is -0.480 e. The predicted octanol–water partition coefficient (Wildman–Crippen LogP) is -1.46. The molecule has 2 amide bonds. The minimum absolute atomic E-state index is 0.0335. The first kappa shape index (κ1) is 37.2. The molecule has 42 heavy (non-hydrogen) atoms. The fourth-order valence-electron chi connectivity index (χ4n) is 4.40. The molecule has 0 aromatic heterocycles. The van der Waals surface area contributed by atoms with Crippen molar-refractivity contribution in [2.24, 2.45) is 5.92 Å². The van der Waals surface area contributed by atoms with E-state index in [0.717, 1.165) is 12.8 Å². The van der Waals surface area contributed by atoms with Crippen molar-refractivity contribution in [2.45, 2.75) is 33.1 Å². The molecule has 0 atom stereocenters. The van der Waals surface area contributed by atoms with Crippen LogP contribution in [0.2, 0.25) is 0 Å². The van der Waals surface area contributed by atoms with E-state index in [1.807, 2.05) is 4.90 Å². The van der Waals surface area contributed by atoms with Gasteiger partial charge < -0.3 is 30.7 Å². The zero-order valence-electron chi connectivity index (χ0n) is 25.1. The molecule has 242 valence electrons. The number of rotatable bonds is 18. The summed E-state index contributed by atoms with van der Waals surface area (Å²) in [5, 5.41) is 33.5. The highest BCUT2D eigenvalue weighted by Gasteiger charge is 2.21. The fourth-order valence-corrected chi connectivity index (χ4v) is 4.40. The van der Waals surface area contributed by atoms with Crippen LogP contribution in [0.4, 0.5) is 0 Å². The van der Waals surface area contributed by atoms with Crippen LogP contribution in [0.15, 0.2) is 0 Å². The van der Waals surface area contributed by atoms with E-state index in [4.69, 9.17) is 4.74 Å². The second-order valence-electron chi connectivity index (χ2n) is 10.9. The molecule has 0 unspecified atom stereocenters. The van der Waals surface area contributed by atoms with E-state index in [2.05, 4.69) is 24.5 Å². The first-order valence-electron chi connectivity index (χ1n) is 14.6. The molecule has 0 aliphatic carbocycles. The Morgan fingerprint density at radius 3 is 1.43 bits per heavy atom. The summed E-state index contributed by atoms with van der Waals surface area (Å²) in [6.45, 7) is 7.68. The summed E-state index contributed by atoms with van der Waals surface area (Å²) in [5.74, 6) is -2.75. The van der Waals surface area contributed by atoms with Gasteiger partial charge in [0, 0.05) is 71.9 Å². The number of nitrogens with one attached hydrogen (secondary N) is 2. The van der Waals surface area contributed by atoms with Crippen LogP contribution in [-0.4, -0.2) is 169 Å². The molecule has 5 N–H and O–H groups in total. The lowest BCUT2D eigenvalue weighted by Crippen LogP contribution is -2.50. The maximum atomic E-state index is 12.6. The third-order valence-electron chi connectivity index (χ3n) is 6.70. The Kier molecular flexibility index (Phi) is 19.3. The summed E-state index contributed by atoms with van der Waals surface area (Å²) in [6, 6.07) is 0. The normalized spacial score (nSPS) is 16.8. The van der Waals surface area contributed by atoms with Gasteiger partial charge in [-0.1, -0.05) is 13.8 Å². The molecule has 15 heteroatoms. The van der Waals surface area contributed by atoms with Crippen molar-refractivity contribution < 1.29 is 44.0 Å². The number of carboxylic acid groups (broad SMARTS) is 3. The number of amides is 2. The van der Waals surface area contributed by atoms with Gasteiger partial charge in [-0.05, 0) is 18.8 Å². The van der Waals surface area contributed by atoms with Gasteiger partial charge in [0.1, 0.15) is 0 Å². The number of carboxylic acids is 3. The van der Waals surface area contributed by atoms with Gasteiger partial charge in [-0.15, -0.1) is 0 Å². The van der Waals surface area contributed by atoms with E-state index in [9.17, 15) is 39.3 Å². The van der Waals surface area contributed by atoms with Crippen LogP contribution < -0.4 is 10.6 Å². The fraction of sp³-hybridized carbons (Fsp3) is 0.815. The Balaban J connectivity index is 2.57. The molecule has 0 saturated carbocycles. The molecule has 0 spiro atoms. The predicted molar refractivity (Wildman–Crippen MR) is 154 cm³/mol. The Hall–Kier alpha value is -2.85. The highest BCUT2D eigenvalue weighted by Crippen LogP contribution is 2.03. The molecule has 0 radical (unpaired) electrons. The van der Waals surface area contributed by atoms with Crippen molar-refractivity contribution in [2.75, 3.05) is 105 Å². The summed E-state index contributed by atoms with van der Waals surface area (Å²) in [4.78, 5) is 65.5. The first-order chi connectivity index (χ1) is 19.9. The summed E-state index contributed by atoms with van der Waals surface area (Å²) in [6.07, 6.45) is 2.24. The van der Waals surface area contributed by atoms with Gasteiger partial charge in [-0.2, -0.15) is 0 Å². The molecule has 1 rings (SSSR count). The zero-order valence-corrected chi connectivity index (χ0v) is 25.1. The molecule has 1 saturated heterocycles. The van der Waals surface area contributed by atoms with E-state index in [1.165, 1.54) is 0 Å². The van der Waals surface area contributed by atoms with E-state index in [0.29, 0.717) is 64.8 Å². The van der Waals surface area contributed by atoms with Crippen LogP contribution in [0, 0.1) is 5.92 Å². The summed E-state index contributed by atoms with van der Waals surface area (Å²) < 4.78 is 5.46. The van der Waals surface area contributed by atoms with Gasteiger partial charge in [-0.3, -0.25) is 43.6 Å². The van der Waals surface area contributed by atoms with Crippen molar-refractivity contribution in [1.82, 2.24) is 30.2 Å². The third-order valence-corrected chi connectivity index (χ3v) is 6.70. The summed E-state index contributed by atoms with van der Waals surface area (Å²) in [5.41, 5.74) is 0. The van der Waals surface area contributed by atoms with Gasteiger partial charge in [0.15, 0.2) is 0 Å². The molecular formula is C27H50N6O9. The monoisotopic (exact) mass is 602 g/mol. The number of carbonyl (C=O) groups excluding carboxylic acids is 2. The molecule has 0 aromatic rings. The lowest BCUT2D eigenvalue weighted by atomic mass is 10.1. The largest absolute Gasteiger partial charge is 0.480 e. The van der Waals surface area contributed by atoms with Crippen molar-refractivity contribution in [3.05, 3.63) is 0 Å². The lowest BCUT2D eigenvalue weighted by Gasteiger charge is -2.32. The van der Waals surface area contributed by atoms with Crippen LogP contribution in [0.25, 0.3) is 0 Å². The Bertz CT molecular complexity index is 813. The Morgan fingerprint density at radius 1 is 0.619 bits per heavy atom. The zero-order chi connectivity index (χ0) is 31.3. The molecular weight excluding hydrogens is 552 g/mol. The second-order valence-corrected chi connectivity index (χ2v) is 10.9. The number of nitrogens with zero attached hydrogens (tertiary/aromatic N) is 4. The van der Waals surface area contributed by atoms with E-state index in [1.54, 1.807) is 14.7 Å². The molecule has 0 aromatic carbocycles. The van der Waals surface area contributed by atoms with Crippen LogP contribution in [-0.2, 0) is 28.7 Å². The molecule has 15 nitrogen and oxygen atoms in total. The topological polar surface area (TPSA) is 192 Å². The van der Waals surface area contributed by atoms with Gasteiger partial charge in [0.2, 0.25) is 11.8 Å². The van der Waals surface area contributed by atoms with Crippen molar-refractivity contribution >= 4 is 29.7 Å². The third kappa shape index (κ3) is 20.1. The average Bonchev–Trinajstić information content (AvgIpc) is 2.89. The highest BCUT2D eigenvalue weighted by atomic mass is 16.5. The van der Waals surface area contributed by atoms with Gasteiger partial charge in [-0.25, -0.2) is 0 Å². The maximum Gasteiger partial charge on any atom is 0.317 e. The quantitative estimate of drug-likeness (QED) is 0.114. The average molecular weight is 603 g/mol. The van der Waals surface area contributed by atoms with Crippen LogP contribution in [0.3, 0.4) is 0 Å². The Labute approximate surface area is 248 Å². The number of hydrogen-bond acceptors (Lipinski definition) is 10. The number of carbonyl (C=O) groups is 5. The standard InChI is InChI=1S/C27H50N6O9/c1-22(2)4-3-6-28-23(34)5-16-42-17-7-29-24(35)18-30-8-10-31(19-25(36)37)12-14-33(21-27(40)41)15-13-32(11-9-30)20-26(38)39/h22H,3-21H2,1-2H3,(H,28,34)(H,29,35)(H,36,37)(H,38,39)(H,40,41). The van der Waals surface area contributed by atoms with E-state index < -0.39 is 17.9 Å². The molecule has 1 heterocycles. The number of ether oxygens (including phenoxy) is 1. The maximum absolute atomic E-state index is 12.6. The van der Waals surface area contributed by atoms with Crippen LogP contribution in [0.5, 0.6) is 0 Å². The number of aliphatic carboxylic acids is 3. The van der Waals surface area contributed by atoms with Crippen molar-refractivity contribution in [3.63, 3.8) is 0 Å². The van der Waals surface area contributed by atoms with Crippen LogP contribution in [0.1, 0.15) is 33.1 Å². The molecule has 1 fully saturated rings. The lowest BCUT2D eigenvalue weighted by molar-refractivity contribution is -0.140. The smallest absolute Gasteiger partial charge is 0.317 e. The van der Waals surface area contributed by atoms with E-state index in [-0.39, 0.29) is 64.2 Å². The van der Waals surface area contributed by atoms with Gasteiger partial charge in [0.25, 0.3) is 0 Å². The summed E-state index contributed by atoms with van der Waals surface area (Å²) in [7, 11) is 0. The van der Waals surface area contributed by atoms with E-state index >= 15 is 0 Å². The van der Waals surface area contributed by atoms with Crippen molar-refractivity contribution in [3.8, 4) is 0 Å². The number of hydrogen-bond donors (Lipinski definition) is 5. The summed E-state index contributed by atoms with van der Waals surface area (Å²) >= 11 is 0. The Morgan fingerprint density at radius 2 is 1.02 bits per heavy atom.